The molecule has 1 nitrogen and oxygen atoms in total. The Balaban J connectivity index is 2.01. The molecule has 0 saturated heterocycles. The van der Waals surface area contributed by atoms with Crippen LogP contribution in [0, 0.1) is 11.6 Å². The molecule has 94 valence electrons. The summed E-state index contributed by atoms with van der Waals surface area (Å²) in [4.78, 5) is 0. The molecule has 0 heterocycles. The molecule has 1 N–H and O–H groups in total. The highest BCUT2D eigenvalue weighted by Gasteiger charge is 2.07. The molecule has 0 aliphatic carbocycles. The lowest BCUT2D eigenvalue weighted by molar-refractivity contribution is 0.535. The summed E-state index contributed by atoms with van der Waals surface area (Å²) in [5, 5.41) is 3.18. The fourth-order valence-electron chi connectivity index (χ4n) is 1.80. The van der Waals surface area contributed by atoms with E-state index in [-0.39, 0.29) is 11.9 Å². The van der Waals surface area contributed by atoms with E-state index in [1.54, 1.807) is 0 Å². The SMILES string of the molecule is CC(NCc1cc(F)ccc1F)c1ccccc1. The van der Waals surface area contributed by atoms with E-state index in [4.69, 9.17) is 0 Å². The van der Waals surface area contributed by atoms with E-state index >= 15 is 0 Å². The van der Waals surface area contributed by atoms with Gasteiger partial charge in [0, 0.05) is 18.2 Å². The van der Waals surface area contributed by atoms with Crippen molar-refractivity contribution < 1.29 is 8.78 Å². The second kappa shape index (κ2) is 5.74. The van der Waals surface area contributed by atoms with Crippen LogP contribution in [-0.2, 0) is 6.54 Å². The van der Waals surface area contributed by atoms with Gasteiger partial charge in [0.2, 0.25) is 0 Å². The topological polar surface area (TPSA) is 12.0 Å². The summed E-state index contributed by atoms with van der Waals surface area (Å²) >= 11 is 0. The van der Waals surface area contributed by atoms with Gasteiger partial charge in [-0.05, 0) is 30.7 Å². The van der Waals surface area contributed by atoms with Crippen molar-refractivity contribution in [2.45, 2.75) is 19.5 Å². The molecule has 2 aromatic rings. The minimum atomic E-state index is -0.416. The van der Waals surface area contributed by atoms with E-state index in [1.807, 2.05) is 37.3 Å². The van der Waals surface area contributed by atoms with Crippen molar-refractivity contribution in [2.75, 3.05) is 0 Å². The Kier molecular flexibility index (Phi) is 4.05. The maximum absolute atomic E-state index is 13.4. The third-order valence-corrected chi connectivity index (χ3v) is 2.91. The molecule has 1 unspecified atom stereocenters. The maximum atomic E-state index is 13.4. The lowest BCUT2D eigenvalue weighted by atomic mass is 10.1. The molecule has 3 heteroatoms. The van der Waals surface area contributed by atoms with Crippen LogP contribution in [0.3, 0.4) is 0 Å². The van der Waals surface area contributed by atoms with Crippen LogP contribution in [0.5, 0.6) is 0 Å². The average Bonchev–Trinajstić information content (AvgIpc) is 2.40. The van der Waals surface area contributed by atoms with Gasteiger partial charge >= 0.3 is 0 Å². The van der Waals surface area contributed by atoms with E-state index in [0.29, 0.717) is 12.1 Å². The van der Waals surface area contributed by atoms with Gasteiger partial charge in [0.25, 0.3) is 0 Å². The first-order chi connectivity index (χ1) is 8.66. The average molecular weight is 247 g/mol. The largest absolute Gasteiger partial charge is 0.306 e. The Morgan fingerprint density at radius 3 is 2.50 bits per heavy atom. The molecule has 0 amide bonds. The zero-order chi connectivity index (χ0) is 13.0. The van der Waals surface area contributed by atoms with Crippen LogP contribution in [0.1, 0.15) is 24.1 Å². The van der Waals surface area contributed by atoms with Gasteiger partial charge in [-0.2, -0.15) is 0 Å². The van der Waals surface area contributed by atoms with Crippen LogP contribution >= 0.6 is 0 Å². The number of hydrogen-bond donors (Lipinski definition) is 1. The Morgan fingerprint density at radius 2 is 1.78 bits per heavy atom. The molecular formula is C15H15F2N. The molecule has 0 fully saturated rings. The van der Waals surface area contributed by atoms with Crippen LogP contribution in [0.25, 0.3) is 0 Å². The fourth-order valence-corrected chi connectivity index (χ4v) is 1.80. The summed E-state index contributed by atoms with van der Waals surface area (Å²) in [6, 6.07) is 13.4. The quantitative estimate of drug-likeness (QED) is 0.866. The minimum absolute atomic E-state index is 0.0915. The minimum Gasteiger partial charge on any atom is -0.306 e. The van der Waals surface area contributed by atoms with Gasteiger partial charge in [-0.25, -0.2) is 8.78 Å². The second-order valence-electron chi connectivity index (χ2n) is 4.25. The first-order valence-electron chi connectivity index (χ1n) is 5.89. The van der Waals surface area contributed by atoms with Crippen LogP contribution in [0.4, 0.5) is 8.78 Å². The molecule has 2 aromatic carbocycles. The van der Waals surface area contributed by atoms with Gasteiger partial charge in [-0.1, -0.05) is 30.3 Å². The first kappa shape index (κ1) is 12.7. The predicted octanol–water partition coefficient (Wildman–Crippen LogP) is 3.82. The van der Waals surface area contributed by atoms with Crippen molar-refractivity contribution in [1.82, 2.24) is 5.32 Å². The van der Waals surface area contributed by atoms with E-state index in [1.165, 1.54) is 6.07 Å². The molecule has 2 rings (SSSR count). The Bertz CT molecular complexity index is 511. The first-order valence-corrected chi connectivity index (χ1v) is 5.89. The summed E-state index contributed by atoms with van der Waals surface area (Å²) in [5.41, 5.74) is 1.46. The summed E-state index contributed by atoms with van der Waals surface area (Å²) in [5.74, 6) is -0.801. The summed E-state index contributed by atoms with van der Waals surface area (Å²) in [6.45, 7) is 2.30. The van der Waals surface area contributed by atoms with Crippen molar-refractivity contribution in [3.63, 3.8) is 0 Å². The molecule has 0 bridgehead atoms. The van der Waals surface area contributed by atoms with Crippen molar-refractivity contribution in [1.29, 1.82) is 0 Å². The Labute approximate surface area is 105 Å². The smallest absolute Gasteiger partial charge is 0.127 e. The summed E-state index contributed by atoms with van der Waals surface area (Å²) < 4.78 is 26.4. The van der Waals surface area contributed by atoms with Crippen LogP contribution in [0.15, 0.2) is 48.5 Å². The van der Waals surface area contributed by atoms with E-state index in [0.717, 1.165) is 17.7 Å². The number of rotatable bonds is 4. The summed E-state index contributed by atoms with van der Waals surface area (Å²) in [7, 11) is 0. The normalized spacial score (nSPS) is 12.4. The van der Waals surface area contributed by atoms with Gasteiger partial charge in [0.15, 0.2) is 0 Å². The van der Waals surface area contributed by atoms with E-state index in [9.17, 15) is 8.78 Å². The van der Waals surface area contributed by atoms with E-state index < -0.39 is 5.82 Å². The molecule has 0 aliphatic rings. The molecule has 0 spiro atoms. The van der Waals surface area contributed by atoms with Gasteiger partial charge in [-0.3, -0.25) is 0 Å². The van der Waals surface area contributed by atoms with Crippen molar-refractivity contribution in [3.8, 4) is 0 Å². The van der Waals surface area contributed by atoms with Gasteiger partial charge < -0.3 is 5.32 Å². The third-order valence-electron chi connectivity index (χ3n) is 2.91. The van der Waals surface area contributed by atoms with Gasteiger partial charge in [-0.15, -0.1) is 0 Å². The molecular weight excluding hydrogens is 232 g/mol. The zero-order valence-corrected chi connectivity index (χ0v) is 10.2. The molecule has 1 atom stereocenters. The maximum Gasteiger partial charge on any atom is 0.127 e. The van der Waals surface area contributed by atoms with Crippen LogP contribution in [-0.4, -0.2) is 0 Å². The van der Waals surface area contributed by atoms with Crippen molar-refractivity contribution in [2.24, 2.45) is 0 Å². The highest BCUT2D eigenvalue weighted by atomic mass is 19.1. The number of hydrogen-bond acceptors (Lipinski definition) is 1. The molecule has 0 saturated carbocycles. The van der Waals surface area contributed by atoms with Crippen LogP contribution < -0.4 is 5.32 Å². The van der Waals surface area contributed by atoms with Crippen LogP contribution in [0.2, 0.25) is 0 Å². The number of benzene rings is 2. The highest BCUT2D eigenvalue weighted by Crippen LogP contribution is 2.14. The fraction of sp³-hybridized carbons (Fsp3) is 0.200. The second-order valence-corrected chi connectivity index (χ2v) is 4.25. The Morgan fingerprint density at radius 1 is 1.06 bits per heavy atom. The Hall–Kier alpha value is -1.74. The van der Waals surface area contributed by atoms with Crippen molar-refractivity contribution in [3.05, 3.63) is 71.3 Å². The summed E-state index contributed by atoms with van der Waals surface area (Å²) in [6.07, 6.45) is 0. The third kappa shape index (κ3) is 3.14. The predicted molar refractivity (Wildman–Crippen MR) is 68.1 cm³/mol. The van der Waals surface area contributed by atoms with Gasteiger partial charge in [0.05, 0.1) is 0 Å². The molecule has 0 radical (unpaired) electrons. The zero-order valence-electron chi connectivity index (χ0n) is 10.2. The lowest BCUT2D eigenvalue weighted by Crippen LogP contribution is -2.18. The lowest BCUT2D eigenvalue weighted by Gasteiger charge is -2.14. The van der Waals surface area contributed by atoms with Gasteiger partial charge in [0.1, 0.15) is 11.6 Å². The number of halogens is 2. The van der Waals surface area contributed by atoms with E-state index in [2.05, 4.69) is 5.32 Å². The standard InChI is InChI=1S/C15H15F2N/c1-11(12-5-3-2-4-6-12)18-10-13-9-14(16)7-8-15(13)17/h2-9,11,18H,10H2,1H3. The molecule has 0 aromatic heterocycles. The molecule has 18 heavy (non-hydrogen) atoms. The number of nitrogens with one attached hydrogen (secondary N) is 1. The highest BCUT2D eigenvalue weighted by molar-refractivity contribution is 5.21. The monoisotopic (exact) mass is 247 g/mol. The van der Waals surface area contributed by atoms with Crippen molar-refractivity contribution >= 4 is 0 Å². The molecule has 0 aliphatic heterocycles.